The maximum absolute atomic E-state index is 14.0. The minimum atomic E-state index is -4.72. The molecule has 0 spiro atoms. The van der Waals surface area contributed by atoms with Crippen molar-refractivity contribution in [3.63, 3.8) is 0 Å². The van der Waals surface area contributed by atoms with E-state index in [1.54, 1.807) is 36.3 Å². The first kappa shape index (κ1) is 24.9. The summed E-state index contributed by atoms with van der Waals surface area (Å²) < 4.78 is 53.4. The highest BCUT2D eigenvalue weighted by molar-refractivity contribution is 6.30. The van der Waals surface area contributed by atoms with E-state index < -0.39 is 17.8 Å². The number of hydrogen-bond donors (Lipinski definition) is 0. The molecule has 1 amide bonds. The molecule has 2 aromatic heterocycles. The second kappa shape index (κ2) is 9.26. The number of carbonyl (C=O) groups is 1. The predicted octanol–water partition coefficient (Wildman–Crippen LogP) is 5.85. The zero-order valence-electron chi connectivity index (χ0n) is 20.1. The number of ether oxygens (including phenoxy) is 2. The van der Waals surface area contributed by atoms with Crippen molar-refractivity contribution in [1.82, 2.24) is 19.5 Å². The van der Waals surface area contributed by atoms with Gasteiger partial charge in [-0.1, -0.05) is 23.7 Å². The fourth-order valence-electron chi connectivity index (χ4n) is 4.62. The third kappa shape index (κ3) is 4.46. The Morgan fingerprint density at radius 3 is 2.38 bits per heavy atom. The predicted molar refractivity (Wildman–Crippen MR) is 131 cm³/mol. The summed E-state index contributed by atoms with van der Waals surface area (Å²) in [6.45, 7) is 2.22. The van der Waals surface area contributed by atoms with Crippen LogP contribution in [0.15, 0.2) is 48.5 Å². The molecule has 1 atom stereocenters. The number of carbonyl (C=O) groups excluding carboxylic acids is 1. The van der Waals surface area contributed by atoms with Crippen LogP contribution in [0.5, 0.6) is 11.5 Å². The molecule has 1 aliphatic rings. The van der Waals surface area contributed by atoms with Gasteiger partial charge < -0.3 is 14.4 Å². The van der Waals surface area contributed by atoms with Gasteiger partial charge in [-0.25, -0.2) is 9.50 Å². The smallest absolute Gasteiger partial charge is 0.433 e. The van der Waals surface area contributed by atoms with Gasteiger partial charge in [-0.15, -0.1) is 0 Å². The Bertz CT molecular complexity index is 1500. The number of methoxy groups -OCH3 is 2. The van der Waals surface area contributed by atoms with Crippen molar-refractivity contribution in [3.05, 3.63) is 76.1 Å². The van der Waals surface area contributed by atoms with E-state index in [1.165, 1.54) is 13.2 Å². The largest absolute Gasteiger partial charge is 0.493 e. The van der Waals surface area contributed by atoms with Gasteiger partial charge in [0, 0.05) is 23.2 Å². The summed E-state index contributed by atoms with van der Waals surface area (Å²) >= 11 is 5.92. The van der Waals surface area contributed by atoms with Crippen LogP contribution >= 0.6 is 11.6 Å². The van der Waals surface area contributed by atoms with Crippen LogP contribution in [0.2, 0.25) is 5.02 Å². The molecular formula is C26H22ClF3N4O3. The number of amides is 1. The van der Waals surface area contributed by atoms with Gasteiger partial charge in [-0.3, -0.25) is 4.79 Å². The number of rotatable bonds is 4. The molecule has 1 aliphatic heterocycles. The number of aromatic nitrogens is 3. The van der Waals surface area contributed by atoms with Gasteiger partial charge in [0.15, 0.2) is 28.5 Å². The first-order valence-corrected chi connectivity index (χ1v) is 11.8. The summed E-state index contributed by atoms with van der Waals surface area (Å²) in [6, 6.07) is 11.9. The van der Waals surface area contributed by atoms with Gasteiger partial charge in [0.2, 0.25) is 0 Å². The molecule has 2 aromatic carbocycles. The molecule has 0 aliphatic carbocycles. The van der Waals surface area contributed by atoms with Crippen LogP contribution in [0.1, 0.15) is 40.3 Å². The van der Waals surface area contributed by atoms with Crippen molar-refractivity contribution in [3.8, 4) is 22.8 Å². The number of hydrogen-bond acceptors (Lipinski definition) is 5. The van der Waals surface area contributed by atoms with Crippen LogP contribution in [-0.2, 0) is 12.6 Å². The molecule has 0 saturated heterocycles. The lowest BCUT2D eigenvalue weighted by Gasteiger charge is -2.35. The second-order valence-corrected chi connectivity index (χ2v) is 9.10. The normalized spacial score (nSPS) is 15.5. The van der Waals surface area contributed by atoms with Crippen LogP contribution in [0.3, 0.4) is 0 Å². The SMILES string of the molecule is COc1cc2c(cc1OC)[C@H](C)N(C(=O)c1cc3nc(-c4ccc(Cl)cc4)cc(C(F)(F)F)n3n1)CC2. The summed E-state index contributed by atoms with van der Waals surface area (Å²) in [5, 5.41) is 4.48. The monoisotopic (exact) mass is 530 g/mol. The number of halogens is 4. The van der Waals surface area contributed by atoms with Crippen molar-refractivity contribution in [2.75, 3.05) is 20.8 Å². The lowest BCUT2D eigenvalue weighted by molar-refractivity contribution is -0.142. The molecule has 7 nitrogen and oxygen atoms in total. The first-order chi connectivity index (χ1) is 17.6. The topological polar surface area (TPSA) is 69.0 Å². The van der Waals surface area contributed by atoms with E-state index in [9.17, 15) is 18.0 Å². The highest BCUT2D eigenvalue weighted by Crippen LogP contribution is 2.39. The lowest BCUT2D eigenvalue weighted by Crippen LogP contribution is -2.39. The fraction of sp³-hybridized carbons (Fsp3) is 0.269. The van der Waals surface area contributed by atoms with Gasteiger partial charge >= 0.3 is 6.18 Å². The average molecular weight is 531 g/mol. The van der Waals surface area contributed by atoms with E-state index in [-0.39, 0.29) is 23.1 Å². The van der Waals surface area contributed by atoms with E-state index in [4.69, 9.17) is 21.1 Å². The molecule has 0 radical (unpaired) electrons. The molecule has 0 saturated carbocycles. The highest BCUT2D eigenvalue weighted by Gasteiger charge is 2.37. The molecule has 37 heavy (non-hydrogen) atoms. The van der Waals surface area contributed by atoms with Crippen LogP contribution in [0.25, 0.3) is 16.9 Å². The summed E-state index contributed by atoms with van der Waals surface area (Å²) in [6.07, 6.45) is -4.17. The summed E-state index contributed by atoms with van der Waals surface area (Å²) in [5.74, 6) is 0.638. The van der Waals surface area contributed by atoms with E-state index in [0.29, 0.717) is 39.6 Å². The molecule has 11 heteroatoms. The number of benzene rings is 2. The Balaban J connectivity index is 1.54. The van der Waals surface area contributed by atoms with Crippen molar-refractivity contribution in [2.45, 2.75) is 25.6 Å². The van der Waals surface area contributed by atoms with Gasteiger partial charge in [0.05, 0.1) is 26.0 Å². The molecule has 0 unspecified atom stereocenters. The van der Waals surface area contributed by atoms with E-state index in [1.807, 2.05) is 19.1 Å². The van der Waals surface area contributed by atoms with Crippen molar-refractivity contribution >= 4 is 23.2 Å². The Labute approximate surface area is 215 Å². The molecule has 0 bridgehead atoms. The molecular weight excluding hydrogens is 509 g/mol. The Morgan fingerprint density at radius 2 is 1.73 bits per heavy atom. The van der Waals surface area contributed by atoms with E-state index >= 15 is 0 Å². The molecule has 3 heterocycles. The minimum Gasteiger partial charge on any atom is -0.493 e. The Hall–Kier alpha value is -3.79. The lowest BCUT2D eigenvalue weighted by atomic mass is 9.92. The van der Waals surface area contributed by atoms with Gasteiger partial charge in [-0.2, -0.15) is 18.3 Å². The Kier molecular flexibility index (Phi) is 6.23. The second-order valence-electron chi connectivity index (χ2n) is 8.66. The number of fused-ring (bicyclic) bond motifs is 2. The Morgan fingerprint density at radius 1 is 1.05 bits per heavy atom. The zero-order valence-corrected chi connectivity index (χ0v) is 20.9. The standard InChI is InChI=1S/C26H22ClF3N4O3/c1-14-18-11-22(37-3)21(36-2)10-16(18)8-9-33(14)25(35)20-13-24-31-19(15-4-6-17(27)7-5-15)12-23(26(28,29)30)34(24)32-20/h4-7,10-14H,8-9H2,1-3H3/t14-/m0/s1. The first-order valence-electron chi connectivity index (χ1n) is 11.4. The fourth-order valence-corrected chi connectivity index (χ4v) is 4.74. The van der Waals surface area contributed by atoms with Crippen LogP contribution in [0, 0.1) is 0 Å². The van der Waals surface area contributed by atoms with Gasteiger partial charge in [-0.05, 0) is 54.8 Å². The van der Waals surface area contributed by atoms with E-state index in [0.717, 1.165) is 17.2 Å². The molecule has 192 valence electrons. The van der Waals surface area contributed by atoms with Crippen molar-refractivity contribution in [2.24, 2.45) is 0 Å². The maximum Gasteiger partial charge on any atom is 0.433 e. The molecule has 5 rings (SSSR count). The van der Waals surface area contributed by atoms with Gasteiger partial charge in [0.25, 0.3) is 5.91 Å². The van der Waals surface area contributed by atoms with Crippen LogP contribution < -0.4 is 9.47 Å². The maximum atomic E-state index is 14.0. The van der Waals surface area contributed by atoms with Crippen molar-refractivity contribution < 1.29 is 27.4 Å². The molecule has 0 N–H and O–H groups in total. The minimum absolute atomic E-state index is 0.0837. The van der Waals surface area contributed by atoms with Crippen molar-refractivity contribution in [1.29, 1.82) is 0 Å². The number of alkyl halides is 3. The number of nitrogens with zero attached hydrogens (tertiary/aromatic N) is 4. The van der Waals surface area contributed by atoms with Crippen LogP contribution in [0.4, 0.5) is 13.2 Å². The van der Waals surface area contributed by atoms with Crippen LogP contribution in [-0.4, -0.2) is 46.2 Å². The van der Waals surface area contributed by atoms with E-state index in [2.05, 4.69) is 10.1 Å². The molecule has 4 aromatic rings. The quantitative estimate of drug-likeness (QED) is 0.331. The molecule has 0 fully saturated rings. The zero-order chi connectivity index (χ0) is 26.5. The summed E-state index contributed by atoms with van der Waals surface area (Å²) in [5.41, 5.74) is 1.20. The summed E-state index contributed by atoms with van der Waals surface area (Å²) in [4.78, 5) is 19.4. The third-order valence-electron chi connectivity index (χ3n) is 6.52. The highest BCUT2D eigenvalue weighted by atomic mass is 35.5. The summed E-state index contributed by atoms with van der Waals surface area (Å²) in [7, 11) is 3.08. The third-order valence-corrected chi connectivity index (χ3v) is 6.77. The van der Waals surface area contributed by atoms with Gasteiger partial charge in [0.1, 0.15) is 0 Å². The average Bonchev–Trinajstić information content (AvgIpc) is 3.31.